The van der Waals surface area contributed by atoms with Gasteiger partial charge in [0.15, 0.2) is 0 Å². The highest BCUT2D eigenvalue weighted by molar-refractivity contribution is 5.73. The number of rotatable bonds is 5. The van der Waals surface area contributed by atoms with Gasteiger partial charge in [-0.3, -0.25) is 14.8 Å². The fourth-order valence-electron chi connectivity index (χ4n) is 4.59. The van der Waals surface area contributed by atoms with Crippen LogP contribution in [0.3, 0.4) is 0 Å². The van der Waals surface area contributed by atoms with E-state index in [9.17, 15) is 26.3 Å². The molecule has 0 amide bonds. The Morgan fingerprint density at radius 2 is 1.61 bits per heavy atom. The molecule has 1 saturated carbocycles. The number of halogens is 6. The zero-order valence-electron chi connectivity index (χ0n) is 20.5. The molecule has 2 aliphatic rings. The maximum absolute atomic E-state index is 10.6. The van der Waals surface area contributed by atoms with Crippen molar-refractivity contribution in [3.63, 3.8) is 0 Å². The highest BCUT2D eigenvalue weighted by Crippen LogP contribution is 2.51. The van der Waals surface area contributed by atoms with E-state index >= 15 is 0 Å². The van der Waals surface area contributed by atoms with Crippen molar-refractivity contribution in [2.24, 2.45) is 5.41 Å². The average molecular weight is 554 g/mol. The number of alkyl halides is 6. The molecule has 3 heterocycles. The molecular formula is C24H29F6N3O5. The van der Waals surface area contributed by atoms with E-state index in [2.05, 4.69) is 40.0 Å². The summed E-state index contributed by atoms with van der Waals surface area (Å²) in [6.45, 7) is 4.31. The average Bonchev–Trinajstić information content (AvgIpc) is 3.32. The van der Waals surface area contributed by atoms with Gasteiger partial charge in [0.2, 0.25) is 0 Å². The van der Waals surface area contributed by atoms with Crippen LogP contribution in [0.25, 0.3) is 0 Å². The van der Waals surface area contributed by atoms with Crippen LogP contribution in [0.2, 0.25) is 0 Å². The Bertz CT molecular complexity index is 983. The molecule has 38 heavy (non-hydrogen) atoms. The maximum Gasteiger partial charge on any atom is 0.490 e. The molecule has 2 N–H and O–H groups in total. The van der Waals surface area contributed by atoms with E-state index < -0.39 is 24.3 Å². The summed E-state index contributed by atoms with van der Waals surface area (Å²) in [7, 11) is 2.26. The molecule has 2 aromatic rings. The zero-order chi connectivity index (χ0) is 28.6. The smallest absolute Gasteiger partial charge is 0.475 e. The number of furan rings is 1. The van der Waals surface area contributed by atoms with Crippen LogP contribution in [0.4, 0.5) is 26.3 Å². The highest BCUT2D eigenvalue weighted by Gasteiger charge is 2.49. The first-order valence-electron chi connectivity index (χ1n) is 11.6. The van der Waals surface area contributed by atoms with Gasteiger partial charge in [-0.15, -0.1) is 0 Å². The third kappa shape index (κ3) is 9.31. The first kappa shape index (κ1) is 31.1. The number of likely N-dealkylation sites (tertiary alicyclic amines) is 1. The second-order valence-electron chi connectivity index (χ2n) is 9.11. The molecular weight excluding hydrogens is 524 g/mol. The molecule has 2 fully saturated rings. The van der Waals surface area contributed by atoms with Gasteiger partial charge in [0, 0.05) is 18.8 Å². The van der Waals surface area contributed by atoms with Crippen LogP contribution in [-0.2, 0) is 22.7 Å². The summed E-state index contributed by atoms with van der Waals surface area (Å²) in [6, 6.07) is 11.0. The van der Waals surface area contributed by atoms with Crippen LogP contribution < -0.4 is 0 Å². The predicted octanol–water partition coefficient (Wildman–Crippen LogP) is 4.82. The van der Waals surface area contributed by atoms with Gasteiger partial charge in [-0.25, -0.2) is 9.59 Å². The summed E-state index contributed by atoms with van der Waals surface area (Å²) in [6.07, 6.45) is -1.16. The first-order chi connectivity index (χ1) is 17.6. The van der Waals surface area contributed by atoms with Crippen molar-refractivity contribution in [1.82, 2.24) is 14.8 Å². The Kier molecular flexibility index (Phi) is 10.7. The third-order valence-electron chi connectivity index (χ3n) is 6.59. The summed E-state index contributed by atoms with van der Waals surface area (Å²) in [5.41, 5.74) is 1.72. The van der Waals surface area contributed by atoms with E-state index in [0.29, 0.717) is 11.5 Å². The Morgan fingerprint density at radius 3 is 2.00 bits per heavy atom. The largest absolute Gasteiger partial charge is 0.490 e. The minimum Gasteiger partial charge on any atom is -0.475 e. The molecule has 4 rings (SSSR count). The lowest BCUT2D eigenvalue weighted by molar-refractivity contribution is -0.193. The quantitative estimate of drug-likeness (QED) is 0.508. The fraction of sp³-hybridized carbons (Fsp3) is 0.542. The van der Waals surface area contributed by atoms with Crippen LogP contribution in [0.1, 0.15) is 37.1 Å². The Morgan fingerprint density at radius 1 is 1.03 bits per heavy atom. The topological polar surface area (TPSA) is 107 Å². The number of aliphatic carboxylic acids is 2. The van der Waals surface area contributed by atoms with Crippen LogP contribution in [0, 0.1) is 5.41 Å². The van der Waals surface area contributed by atoms with E-state index in [-0.39, 0.29) is 0 Å². The molecule has 2 aromatic heterocycles. The molecule has 1 saturated heterocycles. The van der Waals surface area contributed by atoms with Crippen molar-refractivity contribution < 1.29 is 50.6 Å². The number of carbonyl (C=O) groups is 2. The fourth-order valence-corrected chi connectivity index (χ4v) is 4.59. The molecule has 1 atom stereocenters. The molecule has 14 heteroatoms. The lowest BCUT2D eigenvalue weighted by Crippen LogP contribution is -2.57. The Labute approximate surface area is 214 Å². The van der Waals surface area contributed by atoms with E-state index in [0.717, 1.165) is 18.8 Å². The second-order valence-corrected chi connectivity index (χ2v) is 9.11. The summed E-state index contributed by atoms with van der Waals surface area (Å²) < 4.78 is 69.0. The van der Waals surface area contributed by atoms with Crippen molar-refractivity contribution in [2.45, 2.75) is 57.2 Å². The molecule has 0 bridgehead atoms. The van der Waals surface area contributed by atoms with Crippen LogP contribution in [0.5, 0.6) is 0 Å². The zero-order valence-corrected chi connectivity index (χ0v) is 20.5. The monoisotopic (exact) mass is 553 g/mol. The molecule has 8 nitrogen and oxygen atoms in total. The van der Waals surface area contributed by atoms with Crippen molar-refractivity contribution in [3.8, 4) is 0 Å². The molecule has 212 valence electrons. The van der Waals surface area contributed by atoms with E-state index in [4.69, 9.17) is 24.2 Å². The summed E-state index contributed by atoms with van der Waals surface area (Å²) in [4.78, 5) is 27.3. The number of piperidine rings is 1. The lowest BCUT2D eigenvalue weighted by Gasteiger charge is -2.57. The number of carboxylic acids is 2. The number of hydrogen-bond donors (Lipinski definition) is 2. The molecule has 1 aliphatic carbocycles. The minimum absolute atomic E-state index is 0.530. The first-order valence-corrected chi connectivity index (χ1v) is 11.6. The summed E-state index contributed by atoms with van der Waals surface area (Å²) in [5.74, 6) is -4.44. The van der Waals surface area contributed by atoms with Crippen molar-refractivity contribution in [2.75, 3.05) is 20.1 Å². The lowest BCUT2D eigenvalue weighted by atomic mass is 9.58. The standard InChI is InChI=1S/C20H27N3O.2C2HF3O2/c1-22(16-18-6-4-14-24-18)19-7-8-20(19)9-12-23(13-10-20)15-17-5-2-3-11-21-17;2*3-2(4,5)1(6)7/h2-6,11,14,19H,7-10,12-13,15-16H2,1H3;2*(H,6,7). The molecule has 0 aromatic carbocycles. The number of pyridine rings is 1. The number of carboxylic acid groups (broad SMARTS) is 2. The van der Waals surface area contributed by atoms with E-state index in [1.54, 1.807) is 6.26 Å². The predicted molar refractivity (Wildman–Crippen MR) is 122 cm³/mol. The molecule has 1 unspecified atom stereocenters. The van der Waals surface area contributed by atoms with E-state index in [1.165, 1.54) is 44.5 Å². The van der Waals surface area contributed by atoms with Crippen molar-refractivity contribution in [1.29, 1.82) is 0 Å². The normalized spacial score (nSPS) is 19.0. The van der Waals surface area contributed by atoms with Gasteiger partial charge in [0.05, 0.1) is 18.5 Å². The van der Waals surface area contributed by atoms with Crippen molar-refractivity contribution in [3.05, 3.63) is 54.2 Å². The van der Waals surface area contributed by atoms with Gasteiger partial charge >= 0.3 is 24.3 Å². The Hall–Kier alpha value is -3.13. The Balaban J connectivity index is 0.000000301. The van der Waals surface area contributed by atoms with Gasteiger partial charge in [-0.2, -0.15) is 26.3 Å². The van der Waals surface area contributed by atoms with Gasteiger partial charge in [0.25, 0.3) is 0 Å². The number of nitrogens with zero attached hydrogens (tertiary/aromatic N) is 3. The molecule has 1 aliphatic heterocycles. The van der Waals surface area contributed by atoms with Gasteiger partial charge < -0.3 is 14.6 Å². The van der Waals surface area contributed by atoms with Crippen LogP contribution in [0.15, 0.2) is 47.2 Å². The molecule has 1 spiro atoms. The SMILES string of the molecule is CN(Cc1ccco1)C1CCC12CCN(Cc1ccccn1)CC2.O=C(O)C(F)(F)F.O=C(O)C(F)(F)F. The molecule has 0 radical (unpaired) electrons. The van der Waals surface area contributed by atoms with Gasteiger partial charge in [-0.1, -0.05) is 6.07 Å². The van der Waals surface area contributed by atoms with Crippen LogP contribution in [-0.4, -0.2) is 75.5 Å². The minimum atomic E-state index is -5.08. The summed E-state index contributed by atoms with van der Waals surface area (Å²) in [5, 5.41) is 14.2. The number of hydrogen-bond acceptors (Lipinski definition) is 6. The van der Waals surface area contributed by atoms with Gasteiger partial charge in [-0.05, 0) is 75.5 Å². The van der Waals surface area contributed by atoms with Crippen molar-refractivity contribution >= 4 is 11.9 Å². The van der Waals surface area contributed by atoms with Crippen LogP contribution >= 0.6 is 0 Å². The highest BCUT2D eigenvalue weighted by atomic mass is 19.4. The summed E-state index contributed by atoms with van der Waals surface area (Å²) >= 11 is 0. The number of aromatic nitrogens is 1. The van der Waals surface area contributed by atoms with Gasteiger partial charge in [0.1, 0.15) is 5.76 Å². The second kappa shape index (κ2) is 13.1. The third-order valence-corrected chi connectivity index (χ3v) is 6.59. The van der Waals surface area contributed by atoms with E-state index in [1.807, 2.05) is 18.3 Å². The maximum atomic E-state index is 10.6.